The number of amides is 2. The minimum absolute atomic E-state index is 0.00477. The Morgan fingerprint density at radius 3 is 2.79 bits per heavy atom. The van der Waals surface area contributed by atoms with Crippen molar-refractivity contribution in [3.05, 3.63) is 0 Å². The van der Waals surface area contributed by atoms with Crippen LogP contribution in [0.2, 0.25) is 0 Å². The van der Waals surface area contributed by atoms with E-state index < -0.39 is 6.04 Å². The topological polar surface area (TPSA) is 61.9 Å². The Kier molecular flexibility index (Phi) is 4.42. The van der Waals surface area contributed by atoms with Crippen LogP contribution >= 0.6 is 0 Å². The van der Waals surface area contributed by atoms with E-state index in [1.165, 1.54) is 0 Å². The van der Waals surface area contributed by atoms with Crippen molar-refractivity contribution in [3.8, 4) is 0 Å². The molecule has 2 aliphatic heterocycles. The zero-order chi connectivity index (χ0) is 14.0. The molecule has 0 aromatic heterocycles. The number of morpholine rings is 1. The number of nitrogens with zero attached hydrogens (tertiary/aromatic N) is 2. The molecule has 2 saturated heterocycles. The molecule has 0 saturated carbocycles. The molecule has 0 aliphatic carbocycles. The maximum atomic E-state index is 12.2. The van der Waals surface area contributed by atoms with E-state index in [0.717, 1.165) is 13.1 Å². The summed E-state index contributed by atoms with van der Waals surface area (Å²) in [4.78, 5) is 28.1. The van der Waals surface area contributed by atoms with Crippen LogP contribution in [0.3, 0.4) is 0 Å². The lowest BCUT2D eigenvalue weighted by molar-refractivity contribution is -0.152. The van der Waals surface area contributed by atoms with Crippen LogP contribution in [0.4, 0.5) is 0 Å². The van der Waals surface area contributed by atoms with Crippen molar-refractivity contribution in [2.45, 2.75) is 38.5 Å². The Morgan fingerprint density at radius 1 is 1.42 bits per heavy atom. The van der Waals surface area contributed by atoms with Crippen LogP contribution in [0.5, 0.6) is 0 Å². The van der Waals surface area contributed by atoms with E-state index in [2.05, 4.69) is 10.2 Å². The number of rotatable bonds is 3. The molecule has 2 fully saturated rings. The molecule has 0 spiro atoms. The highest BCUT2D eigenvalue weighted by atomic mass is 16.5. The van der Waals surface area contributed by atoms with Crippen molar-refractivity contribution in [3.63, 3.8) is 0 Å². The predicted molar refractivity (Wildman–Crippen MR) is 70.6 cm³/mol. The van der Waals surface area contributed by atoms with Gasteiger partial charge in [-0.2, -0.15) is 0 Å². The van der Waals surface area contributed by atoms with Crippen LogP contribution in [-0.2, 0) is 14.3 Å². The highest BCUT2D eigenvalue weighted by Crippen LogP contribution is 2.15. The van der Waals surface area contributed by atoms with E-state index >= 15 is 0 Å². The average molecular weight is 269 g/mol. The second kappa shape index (κ2) is 5.88. The van der Waals surface area contributed by atoms with Gasteiger partial charge in [0.1, 0.15) is 12.1 Å². The molecule has 6 nitrogen and oxygen atoms in total. The fourth-order valence-corrected chi connectivity index (χ4v) is 2.73. The van der Waals surface area contributed by atoms with Crippen molar-refractivity contribution < 1.29 is 14.3 Å². The quantitative estimate of drug-likeness (QED) is 0.746. The smallest absolute Gasteiger partial charge is 0.245 e. The van der Waals surface area contributed by atoms with Gasteiger partial charge < -0.3 is 19.9 Å². The molecule has 0 aromatic rings. The summed E-state index contributed by atoms with van der Waals surface area (Å²) in [6, 6.07) is -0.795. The zero-order valence-electron chi connectivity index (χ0n) is 11.9. The number of ether oxygens (including phenoxy) is 1. The minimum atomic E-state index is -0.434. The molecule has 0 aromatic carbocycles. The molecule has 0 radical (unpaired) electrons. The summed E-state index contributed by atoms with van der Waals surface area (Å²) in [6.45, 7) is 6.55. The van der Waals surface area contributed by atoms with E-state index in [0.29, 0.717) is 19.6 Å². The van der Waals surface area contributed by atoms with Gasteiger partial charge in [-0.05, 0) is 20.4 Å². The van der Waals surface area contributed by atoms with Gasteiger partial charge in [-0.3, -0.25) is 9.59 Å². The number of hydrogen-bond acceptors (Lipinski definition) is 4. The van der Waals surface area contributed by atoms with Gasteiger partial charge in [0.05, 0.1) is 12.7 Å². The van der Waals surface area contributed by atoms with E-state index in [1.807, 2.05) is 14.0 Å². The van der Waals surface area contributed by atoms with Crippen LogP contribution in [0, 0.1) is 0 Å². The lowest BCUT2D eigenvalue weighted by Crippen LogP contribution is -2.64. The fraction of sp³-hybridized carbons (Fsp3) is 0.846. The Bertz CT molecular complexity index is 361. The second-order valence-electron chi connectivity index (χ2n) is 5.40. The molecule has 2 rings (SSSR count). The summed E-state index contributed by atoms with van der Waals surface area (Å²) in [5, 5.41) is 2.72. The van der Waals surface area contributed by atoms with Crippen molar-refractivity contribution in [1.29, 1.82) is 0 Å². The van der Waals surface area contributed by atoms with Gasteiger partial charge in [0, 0.05) is 19.6 Å². The fourth-order valence-electron chi connectivity index (χ4n) is 2.73. The molecule has 3 atom stereocenters. The predicted octanol–water partition coefficient (Wildman–Crippen LogP) is -0.557. The summed E-state index contributed by atoms with van der Waals surface area (Å²) in [6.07, 6.45) is 0.627. The van der Waals surface area contributed by atoms with Gasteiger partial charge in [0.2, 0.25) is 11.8 Å². The highest BCUT2D eigenvalue weighted by molar-refractivity contribution is 5.96. The maximum absolute atomic E-state index is 12.2. The van der Waals surface area contributed by atoms with Crippen LogP contribution in [-0.4, -0.2) is 73.1 Å². The lowest BCUT2D eigenvalue weighted by Gasteiger charge is -2.41. The number of piperazine rings is 1. The van der Waals surface area contributed by atoms with Gasteiger partial charge in [-0.15, -0.1) is 0 Å². The first kappa shape index (κ1) is 14.3. The molecule has 1 N–H and O–H groups in total. The maximum Gasteiger partial charge on any atom is 0.245 e. The highest BCUT2D eigenvalue weighted by Gasteiger charge is 2.38. The Balaban J connectivity index is 2.05. The Morgan fingerprint density at radius 2 is 2.16 bits per heavy atom. The van der Waals surface area contributed by atoms with Gasteiger partial charge in [-0.1, -0.05) is 6.92 Å². The third-order valence-corrected chi connectivity index (χ3v) is 3.82. The molecule has 19 heavy (non-hydrogen) atoms. The normalized spacial score (nSPS) is 33.4. The zero-order valence-corrected chi connectivity index (χ0v) is 11.9. The molecule has 2 amide bonds. The average Bonchev–Trinajstić information content (AvgIpc) is 2.36. The summed E-state index contributed by atoms with van der Waals surface area (Å²) < 4.78 is 5.70. The van der Waals surface area contributed by atoms with Gasteiger partial charge in [0.25, 0.3) is 0 Å². The van der Waals surface area contributed by atoms with Gasteiger partial charge in [-0.25, -0.2) is 0 Å². The molecule has 108 valence electrons. The van der Waals surface area contributed by atoms with Crippen molar-refractivity contribution in [2.24, 2.45) is 0 Å². The van der Waals surface area contributed by atoms with Crippen LogP contribution in [0.1, 0.15) is 20.3 Å². The minimum Gasteiger partial charge on any atom is -0.374 e. The van der Waals surface area contributed by atoms with Crippen LogP contribution in [0.15, 0.2) is 0 Å². The summed E-state index contributed by atoms with van der Waals surface area (Å²) in [5.41, 5.74) is 0. The molecular weight excluding hydrogens is 246 g/mol. The molecule has 0 bridgehead atoms. The van der Waals surface area contributed by atoms with Crippen molar-refractivity contribution >= 4 is 11.8 Å². The summed E-state index contributed by atoms with van der Waals surface area (Å²) >= 11 is 0. The molecule has 2 aliphatic rings. The molecule has 6 heteroatoms. The standard InChI is InChI=1S/C13H23N3O3/c1-4-11-12(17)14-9(2)13(18)16(11)8-10-7-15(3)5-6-19-10/h9-11H,4-8H2,1-3H3,(H,14,17). The Labute approximate surface area is 114 Å². The number of carbonyl (C=O) groups excluding carboxylic acids is 2. The van der Waals surface area contributed by atoms with E-state index in [4.69, 9.17) is 4.74 Å². The van der Waals surface area contributed by atoms with Gasteiger partial charge >= 0.3 is 0 Å². The summed E-state index contributed by atoms with van der Waals surface area (Å²) in [7, 11) is 2.04. The lowest BCUT2D eigenvalue weighted by atomic mass is 10.0. The van der Waals surface area contributed by atoms with E-state index in [-0.39, 0.29) is 24.0 Å². The first-order chi connectivity index (χ1) is 9.02. The van der Waals surface area contributed by atoms with Crippen LogP contribution < -0.4 is 5.32 Å². The number of hydrogen-bond donors (Lipinski definition) is 1. The molecule has 2 heterocycles. The third-order valence-electron chi connectivity index (χ3n) is 3.82. The molecule has 3 unspecified atom stereocenters. The molecular formula is C13H23N3O3. The number of carbonyl (C=O) groups is 2. The number of likely N-dealkylation sites (N-methyl/N-ethyl adjacent to an activating group) is 1. The Hall–Kier alpha value is -1.14. The second-order valence-corrected chi connectivity index (χ2v) is 5.40. The van der Waals surface area contributed by atoms with Crippen molar-refractivity contribution in [2.75, 3.05) is 33.3 Å². The van der Waals surface area contributed by atoms with Gasteiger partial charge in [0.15, 0.2) is 0 Å². The first-order valence-electron chi connectivity index (χ1n) is 6.94. The van der Waals surface area contributed by atoms with Crippen molar-refractivity contribution in [1.82, 2.24) is 15.1 Å². The number of nitrogens with one attached hydrogen (secondary N) is 1. The summed E-state index contributed by atoms with van der Waals surface area (Å²) in [5.74, 6) is -0.0676. The monoisotopic (exact) mass is 269 g/mol. The SMILES string of the molecule is CCC1C(=O)NC(C)C(=O)N1CC1CN(C)CCO1. The van der Waals surface area contributed by atoms with Crippen LogP contribution in [0.25, 0.3) is 0 Å². The third kappa shape index (κ3) is 3.06. The van der Waals surface area contributed by atoms with E-state index in [1.54, 1.807) is 11.8 Å². The largest absolute Gasteiger partial charge is 0.374 e. The van der Waals surface area contributed by atoms with E-state index in [9.17, 15) is 9.59 Å². The first-order valence-corrected chi connectivity index (χ1v) is 6.94.